The maximum atomic E-state index is 12.4. The number of ether oxygens (including phenoxy) is 1. The number of carbonyl (C=O) groups is 2. The van der Waals surface area contributed by atoms with Crippen molar-refractivity contribution >= 4 is 17.5 Å². The molecule has 0 aliphatic carbocycles. The fraction of sp³-hybridized carbons (Fsp3) is 0.136. The Bertz CT molecular complexity index is 984. The number of amides is 2. The van der Waals surface area contributed by atoms with E-state index < -0.39 is 5.91 Å². The lowest BCUT2D eigenvalue weighted by Gasteiger charge is -2.09. The van der Waals surface area contributed by atoms with Crippen LogP contribution in [0.3, 0.4) is 0 Å². The van der Waals surface area contributed by atoms with E-state index in [1.54, 1.807) is 37.4 Å². The molecule has 1 heterocycles. The molecule has 2 amide bonds. The first-order valence-electron chi connectivity index (χ1n) is 8.81. The third-order valence-corrected chi connectivity index (χ3v) is 4.30. The zero-order valence-electron chi connectivity index (χ0n) is 15.7. The monoisotopic (exact) mass is 375 g/mol. The summed E-state index contributed by atoms with van der Waals surface area (Å²) in [7, 11) is 1.58. The van der Waals surface area contributed by atoms with Crippen molar-refractivity contribution in [3.63, 3.8) is 0 Å². The number of benzene rings is 2. The van der Waals surface area contributed by atoms with E-state index in [4.69, 9.17) is 4.74 Å². The molecule has 6 nitrogen and oxygen atoms in total. The van der Waals surface area contributed by atoms with Crippen molar-refractivity contribution in [2.45, 2.75) is 13.5 Å². The molecule has 0 spiro atoms. The minimum atomic E-state index is -0.390. The highest BCUT2D eigenvalue weighted by atomic mass is 16.5. The molecule has 0 fully saturated rings. The van der Waals surface area contributed by atoms with E-state index in [0.29, 0.717) is 23.5 Å². The third-order valence-electron chi connectivity index (χ3n) is 4.30. The summed E-state index contributed by atoms with van der Waals surface area (Å²) in [6.45, 7) is 2.41. The van der Waals surface area contributed by atoms with Crippen LogP contribution in [0.4, 0.5) is 5.69 Å². The maximum Gasteiger partial charge on any atom is 0.274 e. The van der Waals surface area contributed by atoms with E-state index in [1.807, 2.05) is 31.2 Å². The Labute approximate surface area is 163 Å². The van der Waals surface area contributed by atoms with Crippen LogP contribution in [-0.2, 0) is 6.54 Å². The first-order chi connectivity index (χ1) is 13.6. The highest BCUT2D eigenvalue weighted by Crippen LogP contribution is 2.16. The molecule has 3 rings (SSSR count). The van der Waals surface area contributed by atoms with Gasteiger partial charge in [-0.3, -0.25) is 14.6 Å². The molecule has 0 aliphatic heterocycles. The van der Waals surface area contributed by atoms with Gasteiger partial charge < -0.3 is 15.4 Å². The average molecular weight is 375 g/mol. The SMILES string of the molecule is COc1ccc(NC(=O)c2cc(C(=O)NCc3ccccc3C)ccn2)cc1. The molecule has 1 aromatic heterocycles. The molecule has 2 N–H and O–H groups in total. The lowest BCUT2D eigenvalue weighted by molar-refractivity contribution is 0.0950. The fourth-order valence-corrected chi connectivity index (χ4v) is 2.65. The molecule has 28 heavy (non-hydrogen) atoms. The van der Waals surface area contributed by atoms with Crippen molar-refractivity contribution in [3.05, 3.63) is 89.2 Å². The van der Waals surface area contributed by atoms with E-state index in [1.165, 1.54) is 12.3 Å². The molecule has 0 unspecified atom stereocenters. The third kappa shape index (κ3) is 4.73. The summed E-state index contributed by atoms with van der Waals surface area (Å²) < 4.78 is 5.09. The number of rotatable bonds is 6. The summed E-state index contributed by atoms with van der Waals surface area (Å²) in [5.74, 6) is 0.0475. The van der Waals surface area contributed by atoms with Gasteiger partial charge in [0.15, 0.2) is 0 Å². The van der Waals surface area contributed by atoms with E-state index in [9.17, 15) is 9.59 Å². The Morgan fingerprint density at radius 3 is 2.46 bits per heavy atom. The van der Waals surface area contributed by atoms with Gasteiger partial charge >= 0.3 is 0 Å². The largest absolute Gasteiger partial charge is 0.497 e. The Kier molecular flexibility index (Phi) is 6.01. The van der Waals surface area contributed by atoms with E-state index in [2.05, 4.69) is 15.6 Å². The molecule has 142 valence electrons. The highest BCUT2D eigenvalue weighted by Gasteiger charge is 2.12. The second-order valence-electron chi connectivity index (χ2n) is 6.22. The number of nitrogens with one attached hydrogen (secondary N) is 2. The zero-order valence-corrected chi connectivity index (χ0v) is 15.7. The lowest BCUT2D eigenvalue weighted by Crippen LogP contribution is -2.24. The number of nitrogens with zero attached hydrogens (tertiary/aromatic N) is 1. The van der Waals surface area contributed by atoms with Gasteiger partial charge in [0, 0.05) is 24.0 Å². The molecule has 6 heteroatoms. The Morgan fingerprint density at radius 2 is 1.75 bits per heavy atom. The number of anilines is 1. The first kappa shape index (κ1) is 19.1. The van der Waals surface area contributed by atoms with E-state index >= 15 is 0 Å². The molecule has 2 aromatic carbocycles. The van der Waals surface area contributed by atoms with Gasteiger partial charge in [-0.15, -0.1) is 0 Å². The Morgan fingerprint density at radius 1 is 1.00 bits per heavy atom. The molecular weight excluding hydrogens is 354 g/mol. The van der Waals surface area contributed by atoms with Crippen LogP contribution in [0.25, 0.3) is 0 Å². The van der Waals surface area contributed by atoms with Crippen molar-refractivity contribution < 1.29 is 14.3 Å². The standard InChI is InChI=1S/C22H21N3O3/c1-15-5-3-4-6-17(15)14-24-21(26)16-11-12-23-20(13-16)22(27)25-18-7-9-19(28-2)10-8-18/h3-13H,14H2,1-2H3,(H,24,26)(H,25,27). The number of aryl methyl sites for hydroxylation is 1. The topological polar surface area (TPSA) is 80.3 Å². The smallest absolute Gasteiger partial charge is 0.274 e. The van der Waals surface area contributed by atoms with Crippen LogP contribution in [-0.4, -0.2) is 23.9 Å². The van der Waals surface area contributed by atoms with Crippen LogP contribution in [0, 0.1) is 6.92 Å². The van der Waals surface area contributed by atoms with Crippen molar-refractivity contribution in [2.75, 3.05) is 12.4 Å². The van der Waals surface area contributed by atoms with Crippen LogP contribution >= 0.6 is 0 Å². The summed E-state index contributed by atoms with van der Waals surface area (Å²) in [4.78, 5) is 28.9. The van der Waals surface area contributed by atoms with Crippen LogP contribution in [0.5, 0.6) is 5.75 Å². The minimum absolute atomic E-state index is 0.166. The number of hydrogen-bond donors (Lipinski definition) is 2. The first-order valence-corrected chi connectivity index (χ1v) is 8.81. The van der Waals surface area contributed by atoms with Gasteiger partial charge in [0.2, 0.25) is 0 Å². The quantitative estimate of drug-likeness (QED) is 0.690. The predicted molar refractivity (Wildman–Crippen MR) is 108 cm³/mol. The number of methoxy groups -OCH3 is 1. The molecule has 3 aromatic rings. The van der Waals surface area contributed by atoms with Crippen LogP contribution in [0.15, 0.2) is 66.9 Å². The second-order valence-corrected chi connectivity index (χ2v) is 6.22. The molecule has 0 aliphatic rings. The van der Waals surface area contributed by atoms with Crippen LogP contribution in [0.2, 0.25) is 0 Å². The fourth-order valence-electron chi connectivity index (χ4n) is 2.65. The highest BCUT2D eigenvalue weighted by molar-refractivity contribution is 6.04. The van der Waals surface area contributed by atoms with E-state index in [0.717, 1.165) is 11.1 Å². The summed E-state index contributed by atoms with van der Waals surface area (Å²) in [5, 5.41) is 5.62. The summed E-state index contributed by atoms with van der Waals surface area (Å²) in [6, 6.07) is 17.9. The van der Waals surface area contributed by atoms with Crippen molar-refractivity contribution in [1.82, 2.24) is 10.3 Å². The van der Waals surface area contributed by atoms with Gasteiger partial charge in [-0.1, -0.05) is 24.3 Å². The normalized spacial score (nSPS) is 10.2. The van der Waals surface area contributed by atoms with Crippen LogP contribution in [0.1, 0.15) is 32.0 Å². The van der Waals surface area contributed by atoms with Gasteiger partial charge in [-0.2, -0.15) is 0 Å². The summed E-state index contributed by atoms with van der Waals surface area (Å²) in [5.41, 5.74) is 3.31. The molecule has 0 bridgehead atoms. The van der Waals surface area contributed by atoms with Gasteiger partial charge in [-0.05, 0) is 54.4 Å². The Hall–Kier alpha value is -3.67. The van der Waals surface area contributed by atoms with Gasteiger partial charge in [0.1, 0.15) is 11.4 Å². The minimum Gasteiger partial charge on any atom is -0.497 e. The van der Waals surface area contributed by atoms with Crippen molar-refractivity contribution in [3.8, 4) is 5.75 Å². The number of aromatic nitrogens is 1. The van der Waals surface area contributed by atoms with Crippen LogP contribution < -0.4 is 15.4 Å². The van der Waals surface area contributed by atoms with Gasteiger partial charge in [0.05, 0.1) is 7.11 Å². The molecule has 0 saturated carbocycles. The van der Waals surface area contributed by atoms with E-state index in [-0.39, 0.29) is 11.6 Å². The predicted octanol–water partition coefficient (Wildman–Crippen LogP) is 3.58. The average Bonchev–Trinajstić information content (AvgIpc) is 2.73. The van der Waals surface area contributed by atoms with Gasteiger partial charge in [-0.25, -0.2) is 0 Å². The molecule has 0 radical (unpaired) electrons. The number of carbonyl (C=O) groups excluding carboxylic acids is 2. The maximum absolute atomic E-state index is 12.4. The van der Waals surface area contributed by atoms with Crippen molar-refractivity contribution in [1.29, 1.82) is 0 Å². The molecule has 0 saturated heterocycles. The lowest BCUT2D eigenvalue weighted by atomic mass is 10.1. The molecular formula is C22H21N3O3. The zero-order chi connectivity index (χ0) is 19.9. The summed E-state index contributed by atoms with van der Waals surface area (Å²) >= 11 is 0. The Balaban J connectivity index is 1.66. The second kappa shape index (κ2) is 8.81. The number of hydrogen-bond acceptors (Lipinski definition) is 4. The molecule has 0 atom stereocenters. The summed E-state index contributed by atoms with van der Waals surface area (Å²) in [6.07, 6.45) is 1.45. The van der Waals surface area contributed by atoms with Crippen molar-refractivity contribution in [2.24, 2.45) is 0 Å². The van der Waals surface area contributed by atoms with Gasteiger partial charge in [0.25, 0.3) is 11.8 Å². The number of pyridine rings is 1.